The highest BCUT2D eigenvalue weighted by Gasteiger charge is 2.16. The number of rotatable bonds is 51. The third kappa shape index (κ3) is 59.6. The second-order valence-corrected chi connectivity index (χ2v) is 18.6. The lowest BCUT2D eigenvalue weighted by Gasteiger charge is -2.15. The standard InChI is InChI=1S/C69H106O5/c1-3-5-7-9-11-13-15-17-19-21-23-24-25-26-27-28-29-30-31-32-33-34-35-36-37-38-39-40-41-42-43-44-46-48-50-52-54-56-58-60-62-64-69(72)74-67(65-70)66-73-68(71)63-61-59-57-55-53-51-49-47-45-22-20-18-16-14-12-10-8-6-4-2/h5-8,11-14,17-20,23-24,26-27,29-30,32-33,35-36,38-39,45,47,51,53,57,59,67,70H,3-4,9-10,15-16,21-22,25,28,31,34,37,40-44,46,48-50,52,54-56,58,60-66H2,1-2H3/b7-5-,8-6-,13-11-,14-12-,19-17-,20-18-,24-23-,27-26-,30-29-,33-32-,36-35-,39-38-,47-45-,53-51-,59-57-. The van der Waals surface area contributed by atoms with Crippen molar-refractivity contribution in [3.63, 3.8) is 0 Å². The maximum Gasteiger partial charge on any atom is 0.306 e. The molecule has 74 heavy (non-hydrogen) atoms. The molecule has 0 heterocycles. The first kappa shape index (κ1) is 69.0. The third-order valence-electron chi connectivity index (χ3n) is 11.7. The van der Waals surface area contributed by atoms with Gasteiger partial charge in [0.05, 0.1) is 6.61 Å². The van der Waals surface area contributed by atoms with Crippen LogP contribution in [0.25, 0.3) is 0 Å². The van der Waals surface area contributed by atoms with Crippen LogP contribution in [0.15, 0.2) is 182 Å². The van der Waals surface area contributed by atoms with Gasteiger partial charge in [-0.1, -0.05) is 267 Å². The fourth-order valence-electron chi connectivity index (χ4n) is 7.40. The Morgan fingerprint density at radius 3 is 0.865 bits per heavy atom. The minimum atomic E-state index is -0.817. The summed E-state index contributed by atoms with van der Waals surface area (Å²) < 4.78 is 10.6. The summed E-state index contributed by atoms with van der Waals surface area (Å²) in [6.07, 6.45) is 98.8. The number of carbonyl (C=O) groups excluding carboxylic acids is 2. The zero-order chi connectivity index (χ0) is 53.4. The fraction of sp³-hybridized carbons (Fsp3) is 0.536. The second kappa shape index (κ2) is 62.3. The molecule has 0 saturated carbocycles. The van der Waals surface area contributed by atoms with Gasteiger partial charge >= 0.3 is 11.9 Å². The van der Waals surface area contributed by atoms with Crippen molar-refractivity contribution in [2.75, 3.05) is 13.2 Å². The van der Waals surface area contributed by atoms with Crippen molar-refractivity contribution in [1.82, 2.24) is 0 Å². The van der Waals surface area contributed by atoms with E-state index in [2.05, 4.69) is 184 Å². The monoisotopic (exact) mass is 1010 g/mol. The zero-order valence-corrected chi connectivity index (χ0v) is 47.0. The summed E-state index contributed by atoms with van der Waals surface area (Å²) in [5.41, 5.74) is 0. The maximum absolute atomic E-state index is 12.3. The van der Waals surface area contributed by atoms with Gasteiger partial charge in [0.1, 0.15) is 6.61 Å². The van der Waals surface area contributed by atoms with Gasteiger partial charge in [0, 0.05) is 12.8 Å². The summed E-state index contributed by atoms with van der Waals surface area (Å²) in [6, 6.07) is 0. The van der Waals surface area contributed by atoms with Crippen LogP contribution >= 0.6 is 0 Å². The van der Waals surface area contributed by atoms with E-state index >= 15 is 0 Å². The van der Waals surface area contributed by atoms with Crippen molar-refractivity contribution in [3.05, 3.63) is 182 Å². The molecule has 5 heteroatoms. The average Bonchev–Trinajstić information content (AvgIpc) is 3.40. The van der Waals surface area contributed by atoms with E-state index in [1.165, 1.54) is 70.6 Å². The highest BCUT2D eigenvalue weighted by molar-refractivity contribution is 5.70. The molecule has 0 aromatic rings. The molecule has 0 rings (SSSR count). The molecule has 412 valence electrons. The Morgan fingerprint density at radius 1 is 0.311 bits per heavy atom. The number of esters is 2. The average molecular weight is 1020 g/mol. The number of unbranched alkanes of at least 4 members (excludes halogenated alkanes) is 13. The molecule has 0 fully saturated rings. The lowest BCUT2D eigenvalue weighted by molar-refractivity contribution is -0.161. The quantitative estimate of drug-likeness (QED) is 0.0373. The highest BCUT2D eigenvalue weighted by Crippen LogP contribution is 2.14. The molecule has 1 atom stereocenters. The molecule has 0 aliphatic rings. The fourth-order valence-corrected chi connectivity index (χ4v) is 7.40. The van der Waals surface area contributed by atoms with Crippen molar-refractivity contribution in [2.24, 2.45) is 0 Å². The van der Waals surface area contributed by atoms with Gasteiger partial charge in [-0.2, -0.15) is 0 Å². The molecular weight excluding hydrogens is 909 g/mol. The Hall–Kier alpha value is -5.00. The Morgan fingerprint density at radius 2 is 0.568 bits per heavy atom. The van der Waals surface area contributed by atoms with Gasteiger partial charge in [-0.25, -0.2) is 0 Å². The van der Waals surface area contributed by atoms with E-state index in [1.54, 1.807) is 0 Å². The van der Waals surface area contributed by atoms with Crippen LogP contribution in [0.1, 0.15) is 219 Å². The summed E-state index contributed by atoms with van der Waals surface area (Å²) in [7, 11) is 0. The number of carbonyl (C=O) groups is 2. The van der Waals surface area contributed by atoms with E-state index in [-0.39, 0.29) is 31.6 Å². The Labute approximate surface area is 455 Å². The Kier molecular flexibility index (Phi) is 58.1. The van der Waals surface area contributed by atoms with E-state index in [1.807, 2.05) is 12.2 Å². The molecule has 0 amide bonds. The van der Waals surface area contributed by atoms with Crippen LogP contribution in [0.4, 0.5) is 0 Å². The van der Waals surface area contributed by atoms with Crippen LogP contribution in [0.2, 0.25) is 0 Å². The van der Waals surface area contributed by atoms with Crippen molar-refractivity contribution in [3.8, 4) is 0 Å². The van der Waals surface area contributed by atoms with E-state index in [0.717, 1.165) is 116 Å². The van der Waals surface area contributed by atoms with E-state index < -0.39 is 6.10 Å². The number of aliphatic hydroxyl groups is 1. The smallest absolute Gasteiger partial charge is 0.306 e. The molecule has 0 spiro atoms. The van der Waals surface area contributed by atoms with E-state index in [0.29, 0.717) is 12.8 Å². The van der Waals surface area contributed by atoms with Crippen LogP contribution in [0.5, 0.6) is 0 Å². The molecule has 1 N–H and O–H groups in total. The molecule has 5 nitrogen and oxygen atoms in total. The number of hydrogen-bond acceptors (Lipinski definition) is 5. The lowest BCUT2D eigenvalue weighted by atomic mass is 10.0. The van der Waals surface area contributed by atoms with Gasteiger partial charge in [-0.05, 0) is 122 Å². The SMILES string of the molecule is CC/C=C\C/C=C\C/C=C\C/C=C\C/C=C\C/C=C\C/C=C\C/C=C\C/C=C\CCCCCCCCCCCCCCCC(=O)OC(CO)COC(=O)CC/C=C\C/C=C\C/C=C\C/C=C\C/C=C\C/C=C\CC. The minimum absolute atomic E-state index is 0.117. The number of allylic oxidation sites excluding steroid dienone is 30. The largest absolute Gasteiger partial charge is 0.462 e. The van der Waals surface area contributed by atoms with Gasteiger partial charge in [0.15, 0.2) is 6.10 Å². The molecule has 0 aromatic heterocycles. The zero-order valence-electron chi connectivity index (χ0n) is 47.0. The first-order chi connectivity index (χ1) is 36.6. The molecule has 0 aliphatic heterocycles. The van der Waals surface area contributed by atoms with Crippen LogP contribution in [-0.2, 0) is 19.1 Å². The minimum Gasteiger partial charge on any atom is -0.462 e. The lowest BCUT2D eigenvalue weighted by Crippen LogP contribution is -2.28. The topological polar surface area (TPSA) is 72.8 Å². The van der Waals surface area contributed by atoms with Gasteiger partial charge in [-0.15, -0.1) is 0 Å². The number of aliphatic hydroxyl groups excluding tert-OH is 1. The predicted molar refractivity (Wildman–Crippen MR) is 324 cm³/mol. The molecule has 0 bridgehead atoms. The van der Waals surface area contributed by atoms with Crippen molar-refractivity contribution < 1.29 is 24.2 Å². The third-order valence-corrected chi connectivity index (χ3v) is 11.7. The summed E-state index contributed by atoms with van der Waals surface area (Å²) >= 11 is 0. The molecular formula is C69H106O5. The highest BCUT2D eigenvalue weighted by atomic mass is 16.6. The molecule has 0 aromatic carbocycles. The normalized spacial score (nSPS) is 13.6. The van der Waals surface area contributed by atoms with Gasteiger partial charge in [0.2, 0.25) is 0 Å². The first-order valence-electron chi connectivity index (χ1n) is 29.3. The van der Waals surface area contributed by atoms with Gasteiger partial charge in [-0.3, -0.25) is 9.59 Å². The van der Waals surface area contributed by atoms with E-state index in [4.69, 9.17) is 9.47 Å². The Balaban J connectivity index is 3.62. The van der Waals surface area contributed by atoms with Crippen LogP contribution in [0, 0.1) is 0 Å². The molecule has 1 unspecified atom stereocenters. The van der Waals surface area contributed by atoms with Crippen LogP contribution in [0.3, 0.4) is 0 Å². The second-order valence-electron chi connectivity index (χ2n) is 18.6. The van der Waals surface area contributed by atoms with Gasteiger partial charge in [0.25, 0.3) is 0 Å². The van der Waals surface area contributed by atoms with Crippen molar-refractivity contribution >= 4 is 11.9 Å². The van der Waals surface area contributed by atoms with Crippen molar-refractivity contribution in [2.45, 2.75) is 225 Å². The molecule has 0 saturated heterocycles. The predicted octanol–water partition coefficient (Wildman–Crippen LogP) is 20.3. The first-order valence-corrected chi connectivity index (χ1v) is 29.3. The van der Waals surface area contributed by atoms with Gasteiger partial charge < -0.3 is 14.6 Å². The van der Waals surface area contributed by atoms with Crippen LogP contribution < -0.4 is 0 Å². The van der Waals surface area contributed by atoms with E-state index in [9.17, 15) is 14.7 Å². The van der Waals surface area contributed by atoms with Crippen molar-refractivity contribution in [1.29, 1.82) is 0 Å². The number of hydrogen-bond donors (Lipinski definition) is 1. The number of ether oxygens (including phenoxy) is 2. The summed E-state index contributed by atoms with van der Waals surface area (Å²) in [4.78, 5) is 24.5. The summed E-state index contributed by atoms with van der Waals surface area (Å²) in [5.74, 6) is -0.701. The van der Waals surface area contributed by atoms with Crippen LogP contribution in [-0.4, -0.2) is 36.4 Å². The molecule has 0 aliphatic carbocycles. The summed E-state index contributed by atoms with van der Waals surface area (Å²) in [5, 5.41) is 9.64. The maximum atomic E-state index is 12.3. The Bertz CT molecular complexity index is 1720. The summed E-state index contributed by atoms with van der Waals surface area (Å²) in [6.45, 7) is 3.83. The molecule has 0 radical (unpaired) electrons.